The van der Waals surface area contributed by atoms with Crippen LogP contribution in [0.4, 0.5) is 0 Å². The zero-order valence-corrected chi connectivity index (χ0v) is 28.2. The van der Waals surface area contributed by atoms with Crippen molar-refractivity contribution in [2.24, 2.45) is 0 Å². The summed E-state index contributed by atoms with van der Waals surface area (Å²) in [4.78, 5) is 0. The second-order valence-corrected chi connectivity index (χ2v) is 5.83. The van der Waals surface area contributed by atoms with Crippen LogP contribution < -0.4 is 0 Å². The summed E-state index contributed by atoms with van der Waals surface area (Å²) in [5.41, 5.74) is 1.41. The van der Waals surface area contributed by atoms with Crippen molar-refractivity contribution >= 4 is 0 Å². The van der Waals surface area contributed by atoms with Crippen LogP contribution in [0.25, 0.3) is 0 Å². The summed E-state index contributed by atoms with van der Waals surface area (Å²) in [6, 6.07) is 11.1. The smallest absolute Gasteiger partial charge is 0.0463 e. The van der Waals surface area contributed by atoms with E-state index in [2.05, 4.69) is 59.7 Å². The molecule has 1 nitrogen and oxygen atoms in total. The molecule has 3 radical (unpaired) electrons. The van der Waals surface area contributed by atoms with Crippen molar-refractivity contribution in [1.82, 2.24) is 0 Å². The number of hydrogen-bond donors (Lipinski definition) is 0. The van der Waals surface area contributed by atoms with Gasteiger partial charge in [-0.15, -0.1) is 0 Å². The van der Waals surface area contributed by atoms with Gasteiger partial charge in [-0.25, -0.2) is 0 Å². The third kappa shape index (κ3) is 51.3. The van der Waals surface area contributed by atoms with E-state index in [-0.39, 0.29) is 98.1 Å². The summed E-state index contributed by atoms with van der Waals surface area (Å²) >= 11 is 0. The van der Waals surface area contributed by atoms with Crippen molar-refractivity contribution < 1.29 is 103 Å². The molecule has 0 aliphatic carbocycles. The minimum atomic E-state index is 0. The van der Waals surface area contributed by atoms with Crippen LogP contribution in [-0.4, -0.2) is 13.2 Å². The third-order valence-electron chi connectivity index (χ3n) is 2.88. The first-order chi connectivity index (χ1) is 12.2. The van der Waals surface area contributed by atoms with Gasteiger partial charge >= 0.3 is 0 Å². The standard InChI is InChI=1S/C9H11.C6H14O.C6H13.C3H7.3Y/c1-2-6-9-7-4-3-5-8-9;1-3-5-7-6-4-2;1-3-5-6-4-2;1-3-2;;;/h4-5,7-8H,2,6H2,1H3;3-6H2,1-2H3;1,3-6H2,2H3;1,3H2,2H3;;;/q-1;;2*-1;;;. The molecule has 28 heavy (non-hydrogen) atoms. The summed E-state index contributed by atoms with van der Waals surface area (Å²) in [6.45, 7) is 19.7. The summed E-state index contributed by atoms with van der Waals surface area (Å²) < 4.78 is 5.13. The van der Waals surface area contributed by atoms with Crippen molar-refractivity contribution in [3.63, 3.8) is 0 Å². The summed E-state index contributed by atoms with van der Waals surface area (Å²) in [5.74, 6) is 0. The van der Waals surface area contributed by atoms with Crippen molar-refractivity contribution in [1.29, 1.82) is 0 Å². The maximum absolute atomic E-state index is 5.13. The third-order valence-corrected chi connectivity index (χ3v) is 2.88. The molecular weight excluding hydrogens is 571 g/mol. The van der Waals surface area contributed by atoms with Gasteiger partial charge in [0.15, 0.2) is 0 Å². The number of ether oxygens (including phenoxy) is 1. The van der Waals surface area contributed by atoms with Gasteiger partial charge in [-0.2, -0.15) is 48.7 Å². The van der Waals surface area contributed by atoms with Gasteiger partial charge in [0.25, 0.3) is 0 Å². The molecule has 159 valence electrons. The quantitative estimate of drug-likeness (QED) is 0.203. The first-order valence-corrected chi connectivity index (χ1v) is 10.3. The summed E-state index contributed by atoms with van der Waals surface area (Å²) in [7, 11) is 0. The normalized spacial score (nSPS) is 7.96. The molecule has 0 N–H and O–H groups in total. The van der Waals surface area contributed by atoms with E-state index in [9.17, 15) is 0 Å². The Labute approximate surface area is 254 Å². The molecule has 0 spiro atoms. The molecule has 1 rings (SSSR count). The Bertz CT molecular complexity index is 287. The predicted molar refractivity (Wildman–Crippen MR) is 116 cm³/mol. The summed E-state index contributed by atoms with van der Waals surface area (Å²) in [6.07, 6.45) is 10.8. The Hall–Kier alpha value is 2.49. The van der Waals surface area contributed by atoms with E-state index in [1.165, 1.54) is 37.7 Å². The van der Waals surface area contributed by atoms with Crippen LogP contribution in [0.1, 0.15) is 91.5 Å². The molecule has 0 saturated carbocycles. The first-order valence-electron chi connectivity index (χ1n) is 10.3. The molecule has 0 atom stereocenters. The molecule has 1 aromatic carbocycles. The molecule has 1 aromatic rings. The Morgan fingerprint density at radius 1 is 0.750 bits per heavy atom. The van der Waals surface area contributed by atoms with Crippen molar-refractivity contribution in [3.8, 4) is 0 Å². The molecule has 0 unspecified atom stereocenters. The van der Waals surface area contributed by atoms with Gasteiger partial charge < -0.3 is 18.6 Å². The average Bonchev–Trinajstić information content (AvgIpc) is 2.63. The second-order valence-electron chi connectivity index (χ2n) is 5.83. The maximum Gasteiger partial charge on any atom is 0.0463 e. The Morgan fingerprint density at radius 3 is 1.50 bits per heavy atom. The number of hydrogen-bond acceptors (Lipinski definition) is 1. The van der Waals surface area contributed by atoms with Crippen LogP contribution in [0.2, 0.25) is 0 Å². The molecule has 0 aliphatic heterocycles. The van der Waals surface area contributed by atoms with Crippen molar-refractivity contribution in [2.45, 2.75) is 92.4 Å². The molecule has 0 heterocycles. The van der Waals surface area contributed by atoms with Gasteiger partial charge in [-0.05, 0) is 12.8 Å². The monoisotopic (exact) mass is 616 g/mol. The number of rotatable bonds is 9. The SMILES string of the molecule is CCCOCCC.CCCc1cc[c-]cc1.[CH2-]CC.[CH2-]CCCCC.[Y].[Y].[Y]. The van der Waals surface area contributed by atoms with Crippen LogP contribution in [0.5, 0.6) is 0 Å². The maximum atomic E-state index is 5.13. The van der Waals surface area contributed by atoms with Gasteiger partial charge in [-0.3, -0.25) is 0 Å². The van der Waals surface area contributed by atoms with Gasteiger partial charge in [-0.1, -0.05) is 66.7 Å². The van der Waals surface area contributed by atoms with Crippen LogP contribution in [0, 0.1) is 19.9 Å². The molecule has 0 fully saturated rings. The molecule has 0 amide bonds. The van der Waals surface area contributed by atoms with E-state index in [0.717, 1.165) is 38.9 Å². The van der Waals surface area contributed by atoms with Crippen LogP contribution in [0.15, 0.2) is 24.3 Å². The fourth-order valence-electron chi connectivity index (χ4n) is 1.69. The Balaban J connectivity index is -0.0000000587. The van der Waals surface area contributed by atoms with E-state index in [0.29, 0.717) is 0 Å². The van der Waals surface area contributed by atoms with Gasteiger partial charge in [0.05, 0.1) is 0 Å². The molecule has 4 heteroatoms. The summed E-state index contributed by atoms with van der Waals surface area (Å²) in [5, 5.41) is 0. The minimum absolute atomic E-state index is 0. The molecule has 0 saturated heterocycles. The van der Waals surface area contributed by atoms with E-state index >= 15 is 0 Å². The Kier molecular flexibility index (Phi) is 74.7. The first kappa shape index (κ1) is 44.2. The second kappa shape index (κ2) is 47.3. The fraction of sp³-hybridized carbons (Fsp3) is 0.667. The van der Waals surface area contributed by atoms with Gasteiger partial charge in [0, 0.05) is 111 Å². The van der Waals surface area contributed by atoms with Crippen LogP contribution in [-0.2, 0) is 109 Å². The van der Waals surface area contributed by atoms with Gasteiger partial charge in [0.2, 0.25) is 0 Å². The Morgan fingerprint density at radius 2 is 1.21 bits per heavy atom. The van der Waals surface area contributed by atoms with Crippen molar-refractivity contribution in [2.75, 3.05) is 13.2 Å². The number of aryl methyl sites for hydroxylation is 1. The zero-order chi connectivity index (χ0) is 19.6. The topological polar surface area (TPSA) is 9.23 Å². The van der Waals surface area contributed by atoms with E-state index in [1.54, 1.807) is 0 Å². The van der Waals surface area contributed by atoms with E-state index < -0.39 is 0 Å². The van der Waals surface area contributed by atoms with E-state index in [1.807, 2.05) is 19.1 Å². The zero-order valence-electron chi connectivity index (χ0n) is 19.6. The van der Waals surface area contributed by atoms with Crippen molar-refractivity contribution in [3.05, 3.63) is 49.7 Å². The number of benzene rings is 1. The van der Waals surface area contributed by atoms with Crippen LogP contribution >= 0.6 is 0 Å². The fourth-order valence-corrected chi connectivity index (χ4v) is 1.69. The molecule has 0 aromatic heterocycles. The predicted octanol–water partition coefficient (Wildman–Crippen LogP) is 7.89. The molecule has 0 bridgehead atoms. The van der Waals surface area contributed by atoms with Crippen LogP contribution in [0.3, 0.4) is 0 Å². The van der Waals surface area contributed by atoms with E-state index in [4.69, 9.17) is 4.74 Å². The molecular formula is C24H45OY3-3. The molecule has 0 aliphatic rings. The largest absolute Gasteiger partial charge is 0.381 e. The average molecular weight is 616 g/mol. The number of unbranched alkanes of at least 4 members (excludes halogenated alkanes) is 3. The minimum Gasteiger partial charge on any atom is -0.381 e. The van der Waals surface area contributed by atoms with Gasteiger partial charge in [0.1, 0.15) is 0 Å².